The molecule has 2 aromatic rings. The van der Waals surface area contributed by atoms with E-state index in [4.69, 9.17) is 5.10 Å². The van der Waals surface area contributed by atoms with Gasteiger partial charge in [-0.3, -0.25) is 4.68 Å². The molecule has 0 N–H and O–H groups in total. The Labute approximate surface area is 141 Å². The maximum atomic E-state index is 4.91. The Morgan fingerprint density at radius 2 is 1.96 bits per heavy atom. The van der Waals surface area contributed by atoms with Gasteiger partial charge in [0.15, 0.2) is 0 Å². The summed E-state index contributed by atoms with van der Waals surface area (Å²) < 4.78 is 2.33. The molecular formula is C21H32N2. The molecule has 0 saturated heterocycles. The molecule has 0 aliphatic heterocycles. The predicted octanol–water partition coefficient (Wildman–Crippen LogP) is 6.53. The van der Waals surface area contributed by atoms with Gasteiger partial charge in [0.1, 0.15) is 0 Å². The van der Waals surface area contributed by atoms with Crippen LogP contribution in [0.2, 0.25) is 0 Å². The molecule has 0 bridgehead atoms. The molecule has 0 spiro atoms. The highest BCUT2D eigenvalue weighted by Crippen LogP contribution is 2.33. The van der Waals surface area contributed by atoms with Crippen molar-refractivity contribution in [2.24, 2.45) is 0 Å². The van der Waals surface area contributed by atoms with Gasteiger partial charge >= 0.3 is 0 Å². The average molecular weight is 313 g/mol. The normalized spacial score (nSPS) is 17.7. The summed E-state index contributed by atoms with van der Waals surface area (Å²) >= 11 is 0. The number of aryl methyl sites for hydroxylation is 1. The maximum absolute atomic E-state index is 4.91. The minimum Gasteiger partial charge on any atom is -0.262 e. The molecule has 1 aromatic heterocycles. The van der Waals surface area contributed by atoms with Gasteiger partial charge in [0, 0.05) is 5.39 Å². The first-order valence-corrected chi connectivity index (χ1v) is 9.69. The summed E-state index contributed by atoms with van der Waals surface area (Å²) in [5.74, 6) is 0.656. The molecule has 3 rings (SSSR count). The Morgan fingerprint density at radius 1 is 1.17 bits per heavy atom. The van der Waals surface area contributed by atoms with E-state index in [1.807, 2.05) is 0 Å². The Morgan fingerprint density at radius 3 is 2.70 bits per heavy atom. The Bertz CT molecular complexity index is 635. The van der Waals surface area contributed by atoms with E-state index >= 15 is 0 Å². The van der Waals surface area contributed by atoms with Crippen LogP contribution in [0, 0.1) is 6.92 Å². The van der Waals surface area contributed by atoms with Gasteiger partial charge in [0.25, 0.3) is 0 Å². The Balaban J connectivity index is 1.84. The summed E-state index contributed by atoms with van der Waals surface area (Å²) in [7, 11) is 0. The van der Waals surface area contributed by atoms with Crippen molar-refractivity contribution >= 4 is 10.9 Å². The quantitative estimate of drug-likeness (QED) is 0.554. The second-order valence-corrected chi connectivity index (χ2v) is 7.50. The molecule has 23 heavy (non-hydrogen) atoms. The lowest BCUT2D eigenvalue weighted by molar-refractivity contribution is 0.336. The highest BCUT2D eigenvalue weighted by Gasteiger charge is 2.19. The molecule has 1 aliphatic carbocycles. The molecule has 1 heterocycles. The molecule has 1 atom stereocenters. The molecule has 1 unspecified atom stereocenters. The van der Waals surface area contributed by atoms with Gasteiger partial charge in [-0.1, -0.05) is 58.4 Å². The number of benzene rings is 1. The lowest BCUT2D eigenvalue weighted by atomic mass is 9.93. The second kappa shape index (κ2) is 7.51. The van der Waals surface area contributed by atoms with E-state index in [1.54, 1.807) is 0 Å². The largest absolute Gasteiger partial charge is 0.262 e. The standard InChI is InChI=1S/C21H32N2/c1-4-5-7-10-16(2)18-13-14-21-20(15-18)17(3)22-23(21)19-11-8-6-9-12-19/h13-16,19H,4-12H2,1-3H3. The molecule has 1 aliphatic rings. The van der Waals surface area contributed by atoms with Crippen molar-refractivity contribution < 1.29 is 0 Å². The van der Waals surface area contributed by atoms with Crippen LogP contribution in [-0.4, -0.2) is 9.78 Å². The third-order valence-electron chi connectivity index (χ3n) is 5.65. The summed E-state index contributed by atoms with van der Waals surface area (Å²) in [5, 5.41) is 6.28. The van der Waals surface area contributed by atoms with Crippen LogP contribution < -0.4 is 0 Å². The van der Waals surface area contributed by atoms with Crippen molar-refractivity contribution in [3.63, 3.8) is 0 Å². The van der Waals surface area contributed by atoms with Gasteiger partial charge in [-0.25, -0.2) is 0 Å². The first-order chi connectivity index (χ1) is 11.2. The van der Waals surface area contributed by atoms with Crippen molar-refractivity contribution in [2.45, 2.75) is 90.5 Å². The predicted molar refractivity (Wildman–Crippen MR) is 99.1 cm³/mol. The van der Waals surface area contributed by atoms with E-state index in [-0.39, 0.29) is 0 Å². The van der Waals surface area contributed by atoms with Crippen molar-refractivity contribution in [2.75, 3.05) is 0 Å². The number of fused-ring (bicyclic) bond motifs is 1. The smallest absolute Gasteiger partial charge is 0.0688 e. The van der Waals surface area contributed by atoms with Crippen LogP contribution in [0.4, 0.5) is 0 Å². The average Bonchev–Trinajstić information content (AvgIpc) is 2.92. The minimum atomic E-state index is 0.618. The summed E-state index contributed by atoms with van der Waals surface area (Å²) in [6, 6.07) is 7.70. The fraction of sp³-hybridized carbons (Fsp3) is 0.667. The SMILES string of the molecule is CCCCCC(C)c1ccc2c(c1)c(C)nn2C1CCCCC1. The van der Waals surface area contributed by atoms with Gasteiger partial charge in [-0.15, -0.1) is 0 Å². The zero-order valence-electron chi connectivity index (χ0n) is 15.1. The molecule has 2 nitrogen and oxygen atoms in total. The van der Waals surface area contributed by atoms with Crippen LogP contribution in [0.25, 0.3) is 10.9 Å². The monoisotopic (exact) mass is 312 g/mol. The number of rotatable bonds is 6. The van der Waals surface area contributed by atoms with E-state index in [0.29, 0.717) is 12.0 Å². The van der Waals surface area contributed by atoms with E-state index in [2.05, 4.69) is 43.7 Å². The molecule has 1 fully saturated rings. The highest BCUT2D eigenvalue weighted by molar-refractivity contribution is 5.82. The fourth-order valence-electron chi connectivity index (χ4n) is 4.09. The van der Waals surface area contributed by atoms with Crippen LogP contribution >= 0.6 is 0 Å². The lowest BCUT2D eigenvalue weighted by Gasteiger charge is -2.23. The fourth-order valence-corrected chi connectivity index (χ4v) is 4.09. The highest BCUT2D eigenvalue weighted by atomic mass is 15.3. The summed E-state index contributed by atoms with van der Waals surface area (Å²) in [4.78, 5) is 0. The topological polar surface area (TPSA) is 17.8 Å². The molecule has 0 radical (unpaired) electrons. The Hall–Kier alpha value is -1.31. The maximum Gasteiger partial charge on any atom is 0.0688 e. The van der Waals surface area contributed by atoms with Crippen LogP contribution in [0.3, 0.4) is 0 Å². The first-order valence-electron chi connectivity index (χ1n) is 9.69. The number of aromatic nitrogens is 2. The lowest BCUT2D eigenvalue weighted by Crippen LogP contribution is -2.14. The number of hydrogen-bond donors (Lipinski definition) is 0. The summed E-state index contributed by atoms with van der Waals surface area (Å²) in [5.41, 5.74) is 4.03. The van der Waals surface area contributed by atoms with E-state index in [0.717, 1.165) is 0 Å². The number of unbranched alkanes of at least 4 members (excludes halogenated alkanes) is 2. The van der Waals surface area contributed by atoms with Crippen molar-refractivity contribution in [3.8, 4) is 0 Å². The van der Waals surface area contributed by atoms with Crippen LogP contribution in [0.15, 0.2) is 18.2 Å². The van der Waals surface area contributed by atoms with Crippen molar-refractivity contribution in [1.29, 1.82) is 0 Å². The molecule has 1 saturated carbocycles. The zero-order chi connectivity index (χ0) is 16.2. The van der Waals surface area contributed by atoms with Crippen molar-refractivity contribution in [3.05, 3.63) is 29.5 Å². The molecule has 1 aromatic carbocycles. The van der Waals surface area contributed by atoms with Crippen molar-refractivity contribution in [1.82, 2.24) is 9.78 Å². The Kier molecular flexibility index (Phi) is 5.40. The van der Waals surface area contributed by atoms with Gasteiger partial charge in [0.2, 0.25) is 0 Å². The summed E-state index contributed by atoms with van der Waals surface area (Å²) in [6.07, 6.45) is 12.0. The first kappa shape index (κ1) is 16.5. The van der Waals surface area contributed by atoms with Gasteiger partial charge in [-0.05, 0) is 49.8 Å². The van der Waals surface area contributed by atoms with Crippen LogP contribution in [-0.2, 0) is 0 Å². The molecular weight excluding hydrogens is 280 g/mol. The molecule has 126 valence electrons. The molecule has 2 heteroatoms. The van der Waals surface area contributed by atoms with Gasteiger partial charge in [-0.2, -0.15) is 5.10 Å². The third-order valence-corrected chi connectivity index (χ3v) is 5.65. The van der Waals surface area contributed by atoms with Gasteiger partial charge < -0.3 is 0 Å². The van der Waals surface area contributed by atoms with E-state index in [1.165, 1.54) is 79.9 Å². The number of nitrogens with zero attached hydrogens (tertiary/aromatic N) is 2. The second-order valence-electron chi connectivity index (χ2n) is 7.50. The summed E-state index contributed by atoms with van der Waals surface area (Å²) in [6.45, 7) is 6.82. The van der Waals surface area contributed by atoms with Crippen LogP contribution in [0.1, 0.15) is 94.9 Å². The van der Waals surface area contributed by atoms with E-state index in [9.17, 15) is 0 Å². The number of hydrogen-bond acceptors (Lipinski definition) is 1. The van der Waals surface area contributed by atoms with E-state index < -0.39 is 0 Å². The zero-order valence-corrected chi connectivity index (χ0v) is 15.1. The van der Waals surface area contributed by atoms with Crippen LogP contribution in [0.5, 0.6) is 0 Å². The minimum absolute atomic E-state index is 0.618. The van der Waals surface area contributed by atoms with Gasteiger partial charge in [0.05, 0.1) is 17.3 Å². The molecule has 0 amide bonds. The third kappa shape index (κ3) is 3.62.